The van der Waals surface area contributed by atoms with Crippen LogP contribution in [0, 0.1) is 0 Å². The van der Waals surface area contributed by atoms with E-state index in [1.165, 1.54) is 4.90 Å². The Balaban J connectivity index is 1.87. The first kappa shape index (κ1) is 20.5. The molecular weight excluding hydrogens is 370 g/mol. The molecule has 6 heteroatoms. The largest absolute Gasteiger partial charge is 0.508 e. The number of ketones is 1. The van der Waals surface area contributed by atoms with Gasteiger partial charge >= 0.3 is 0 Å². The molecular formula is C23H25NO5. The number of benzene rings is 2. The fourth-order valence-electron chi connectivity index (χ4n) is 3.32. The maximum absolute atomic E-state index is 12.6. The second kappa shape index (κ2) is 8.39. The highest BCUT2D eigenvalue weighted by molar-refractivity contribution is 6.16. The number of phenols is 1. The van der Waals surface area contributed by atoms with Crippen LogP contribution < -0.4 is 9.47 Å². The summed E-state index contributed by atoms with van der Waals surface area (Å²) >= 11 is 0. The Morgan fingerprint density at radius 1 is 1.24 bits per heavy atom. The number of nitrogens with zero attached hydrogens (tertiary/aromatic N) is 1. The number of Topliss-reactive ketones (excluding diaryl/α,β-unsaturated/α-hetero) is 1. The van der Waals surface area contributed by atoms with E-state index in [-0.39, 0.29) is 17.4 Å². The Labute approximate surface area is 170 Å². The Morgan fingerprint density at radius 2 is 2.00 bits per heavy atom. The number of hydrogen-bond donors (Lipinski definition) is 1. The summed E-state index contributed by atoms with van der Waals surface area (Å²) in [4.78, 5) is 26.2. The Morgan fingerprint density at radius 3 is 2.66 bits per heavy atom. The molecule has 2 aromatic rings. The van der Waals surface area contributed by atoms with Gasteiger partial charge in [0.05, 0.1) is 6.61 Å². The molecule has 0 aromatic heterocycles. The van der Waals surface area contributed by atoms with Gasteiger partial charge in [-0.2, -0.15) is 0 Å². The van der Waals surface area contributed by atoms with Crippen LogP contribution in [-0.2, 0) is 11.2 Å². The van der Waals surface area contributed by atoms with Crippen LogP contribution in [0.25, 0.3) is 6.08 Å². The van der Waals surface area contributed by atoms with Crippen molar-refractivity contribution in [1.82, 2.24) is 4.90 Å². The first-order valence-corrected chi connectivity index (χ1v) is 9.52. The summed E-state index contributed by atoms with van der Waals surface area (Å²) < 4.78 is 11.5. The van der Waals surface area contributed by atoms with E-state index in [0.29, 0.717) is 41.2 Å². The van der Waals surface area contributed by atoms with E-state index in [4.69, 9.17) is 9.47 Å². The molecule has 152 valence electrons. The minimum absolute atomic E-state index is 0.0839. The van der Waals surface area contributed by atoms with E-state index in [9.17, 15) is 14.7 Å². The van der Waals surface area contributed by atoms with Gasteiger partial charge in [0, 0.05) is 37.2 Å². The van der Waals surface area contributed by atoms with Gasteiger partial charge in [-0.15, -0.1) is 0 Å². The highest BCUT2D eigenvalue weighted by Gasteiger charge is 2.27. The SMILES string of the molecule is CCOc1cc(C=C2Cc3c(O)cccc3C2=O)ccc1OC(C)C(=O)N(C)C. The number of amides is 1. The highest BCUT2D eigenvalue weighted by Crippen LogP contribution is 2.35. The summed E-state index contributed by atoms with van der Waals surface area (Å²) in [5.41, 5.74) is 2.58. The van der Waals surface area contributed by atoms with E-state index in [0.717, 1.165) is 5.56 Å². The van der Waals surface area contributed by atoms with Gasteiger partial charge in [0.2, 0.25) is 0 Å². The smallest absolute Gasteiger partial charge is 0.262 e. The predicted octanol–water partition coefficient (Wildman–Crippen LogP) is 3.47. The molecule has 1 aliphatic rings. The second-order valence-corrected chi connectivity index (χ2v) is 7.11. The Hall–Kier alpha value is -3.28. The zero-order valence-corrected chi connectivity index (χ0v) is 17.1. The number of ether oxygens (including phenoxy) is 2. The van der Waals surface area contributed by atoms with Crippen molar-refractivity contribution in [2.24, 2.45) is 0 Å². The standard InChI is InChI=1S/C23H25NO5/c1-5-28-21-12-15(9-10-20(21)29-14(2)23(27)24(3)4)11-16-13-18-17(22(16)26)7-6-8-19(18)25/h6-12,14,25H,5,13H2,1-4H3. The van der Waals surface area contributed by atoms with E-state index in [1.807, 2.05) is 13.0 Å². The van der Waals surface area contributed by atoms with Gasteiger partial charge in [0.25, 0.3) is 5.91 Å². The number of allylic oxidation sites excluding steroid dienone is 1. The van der Waals surface area contributed by atoms with Gasteiger partial charge in [-0.1, -0.05) is 18.2 Å². The van der Waals surface area contributed by atoms with Crippen LogP contribution in [0.2, 0.25) is 0 Å². The molecule has 1 unspecified atom stereocenters. The lowest BCUT2D eigenvalue weighted by Crippen LogP contribution is -2.35. The topological polar surface area (TPSA) is 76.1 Å². The molecule has 0 heterocycles. The highest BCUT2D eigenvalue weighted by atomic mass is 16.5. The summed E-state index contributed by atoms with van der Waals surface area (Å²) in [6.45, 7) is 3.99. The molecule has 0 fully saturated rings. The third-order valence-electron chi connectivity index (χ3n) is 4.76. The zero-order chi connectivity index (χ0) is 21.1. The van der Waals surface area contributed by atoms with Crippen molar-refractivity contribution in [3.63, 3.8) is 0 Å². The maximum Gasteiger partial charge on any atom is 0.262 e. The average molecular weight is 395 g/mol. The minimum atomic E-state index is -0.651. The third kappa shape index (κ3) is 4.26. The Bertz CT molecular complexity index is 977. The number of fused-ring (bicyclic) bond motifs is 1. The van der Waals surface area contributed by atoms with Crippen LogP contribution in [-0.4, -0.2) is 48.5 Å². The Kier molecular flexibility index (Phi) is 5.92. The number of carbonyl (C=O) groups excluding carboxylic acids is 2. The van der Waals surface area contributed by atoms with Gasteiger partial charge in [-0.3, -0.25) is 9.59 Å². The van der Waals surface area contributed by atoms with Crippen molar-refractivity contribution in [3.05, 3.63) is 58.7 Å². The van der Waals surface area contributed by atoms with E-state index in [1.54, 1.807) is 57.4 Å². The van der Waals surface area contributed by atoms with E-state index >= 15 is 0 Å². The lowest BCUT2D eigenvalue weighted by atomic mass is 10.1. The molecule has 0 bridgehead atoms. The number of aromatic hydroxyl groups is 1. The molecule has 1 atom stereocenters. The van der Waals surface area contributed by atoms with Crippen LogP contribution in [0.1, 0.15) is 35.3 Å². The number of phenolic OH excluding ortho intramolecular Hbond substituents is 1. The molecule has 0 aliphatic heterocycles. The van der Waals surface area contributed by atoms with Gasteiger partial charge < -0.3 is 19.5 Å². The fourth-order valence-corrected chi connectivity index (χ4v) is 3.32. The van der Waals surface area contributed by atoms with Crippen molar-refractivity contribution < 1.29 is 24.2 Å². The van der Waals surface area contributed by atoms with Gasteiger partial charge in [0.1, 0.15) is 5.75 Å². The molecule has 1 N–H and O–H groups in total. The molecule has 6 nitrogen and oxygen atoms in total. The summed E-state index contributed by atoms with van der Waals surface area (Å²) in [6, 6.07) is 10.3. The summed E-state index contributed by atoms with van der Waals surface area (Å²) in [5, 5.41) is 10.0. The van der Waals surface area contributed by atoms with Crippen LogP contribution >= 0.6 is 0 Å². The van der Waals surface area contributed by atoms with E-state index in [2.05, 4.69) is 0 Å². The average Bonchev–Trinajstić information content (AvgIpc) is 3.00. The van der Waals surface area contributed by atoms with Gasteiger partial charge in [0.15, 0.2) is 23.4 Å². The second-order valence-electron chi connectivity index (χ2n) is 7.11. The molecule has 29 heavy (non-hydrogen) atoms. The normalized spacial score (nSPS) is 15.2. The van der Waals surface area contributed by atoms with Crippen molar-refractivity contribution in [3.8, 4) is 17.2 Å². The third-order valence-corrected chi connectivity index (χ3v) is 4.76. The first-order valence-electron chi connectivity index (χ1n) is 9.52. The number of hydrogen-bond acceptors (Lipinski definition) is 5. The lowest BCUT2D eigenvalue weighted by Gasteiger charge is -2.20. The summed E-state index contributed by atoms with van der Waals surface area (Å²) in [5.74, 6) is 0.881. The van der Waals surface area contributed by atoms with Crippen LogP contribution in [0.5, 0.6) is 17.2 Å². The molecule has 3 rings (SSSR count). The van der Waals surface area contributed by atoms with Gasteiger partial charge in [-0.25, -0.2) is 0 Å². The number of rotatable bonds is 6. The van der Waals surface area contributed by atoms with Crippen molar-refractivity contribution >= 4 is 17.8 Å². The monoisotopic (exact) mass is 395 g/mol. The van der Waals surface area contributed by atoms with E-state index < -0.39 is 6.10 Å². The van der Waals surface area contributed by atoms with Crippen molar-refractivity contribution in [2.75, 3.05) is 20.7 Å². The lowest BCUT2D eigenvalue weighted by molar-refractivity contribution is -0.135. The number of carbonyl (C=O) groups is 2. The molecule has 0 saturated heterocycles. The van der Waals surface area contributed by atoms with Crippen LogP contribution in [0.4, 0.5) is 0 Å². The zero-order valence-electron chi connectivity index (χ0n) is 17.1. The van der Waals surface area contributed by atoms with Crippen LogP contribution in [0.3, 0.4) is 0 Å². The summed E-state index contributed by atoms with van der Waals surface area (Å²) in [6.07, 6.45) is 1.53. The molecule has 0 spiro atoms. The fraction of sp³-hybridized carbons (Fsp3) is 0.304. The maximum atomic E-state index is 12.6. The van der Waals surface area contributed by atoms with Crippen LogP contribution in [0.15, 0.2) is 42.0 Å². The minimum Gasteiger partial charge on any atom is -0.508 e. The molecule has 0 radical (unpaired) electrons. The molecule has 1 aliphatic carbocycles. The first-order chi connectivity index (χ1) is 13.8. The molecule has 2 aromatic carbocycles. The number of likely N-dealkylation sites (N-methyl/N-ethyl adjacent to an activating group) is 1. The van der Waals surface area contributed by atoms with Crippen molar-refractivity contribution in [1.29, 1.82) is 0 Å². The predicted molar refractivity (Wildman–Crippen MR) is 111 cm³/mol. The molecule has 1 amide bonds. The quantitative estimate of drug-likeness (QED) is 0.758. The summed E-state index contributed by atoms with van der Waals surface area (Å²) in [7, 11) is 3.35. The van der Waals surface area contributed by atoms with Gasteiger partial charge in [-0.05, 0) is 43.7 Å². The molecule has 0 saturated carbocycles. The van der Waals surface area contributed by atoms with Crippen molar-refractivity contribution in [2.45, 2.75) is 26.4 Å².